The van der Waals surface area contributed by atoms with Crippen molar-refractivity contribution in [2.24, 2.45) is 5.41 Å². The van der Waals surface area contributed by atoms with E-state index < -0.39 is 0 Å². The maximum Gasteiger partial charge on any atom is 0.0366 e. The molecule has 0 aromatic heterocycles. The highest BCUT2D eigenvalue weighted by Crippen LogP contribution is 2.40. The average molecular weight is 244 g/mol. The van der Waals surface area contributed by atoms with E-state index in [9.17, 15) is 0 Å². The third-order valence-electron chi connectivity index (χ3n) is 4.89. The first kappa shape index (κ1) is 12.0. The molecular formula is C16H24N2. The lowest BCUT2D eigenvalue weighted by molar-refractivity contribution is 0.155. The standard InChI is InChI=1S/C16H24N2/c1-14-2-4-15(5-3-14)18-12-8-16(9-13-18)6-10-17-11-7-16/h2-5,17H,6-13H2,1H3. The molecule has 2 aliphatic heterocycles. The van der Waals surface area contributed by atoms with Gasteiger partial charge in [-0.1, -0.05) is 17.7 Å². The van der Waals surface area contributed by atoms with Crippen LogP contribution in [0.1, 0.15) is 31.2 Å². The summed E-state index contributed by atoms with van der Waals surface area (Å²) in [6.45, 7) is 7.09. The van der Waals surface area contributed by atoms with Gasteiger partial charge in [0.25, 0.3) is 0 Å². The molecule has 18 heavy (non-hydrogen) atoms. The van der Waals surface area contributed by atoms with Crippen LogP contribution in [-0.4, -0.2) is 26.2 Å². The molecule has 2 heteroatoms. The number of hydrogen-bond acceptors (Lipinski definition) is 2. The van der Waals surface area contributed by atoms with Gasteiger partial charge < -0.3 is 10.2 Å². The van der Waals surface area contributed by atoms with Crippen LogP contribution in [0.15, 0.2) is 24.3 Å². The highest BCUT2D eigenvalue weighted by Gasteiger charge is 2.35. The molecule has 0 atom stereocenters. The lowest BCUT2D eigenvalue weighted by atomic mass is 9.71. The number of piperidine rings is 2. The molecule has 1 aromatic rings. The van der Waals surface area contributed by atoms with Gasteiger partial charge in [-0.2, -0.15) is 0 Å². The maximum absolute atomic E-state index is 3.49. The Morgan fingerprint density at radius 2 is 1.56 bits per heavy atom. The van der Waals surface area contributed by atoms with E-state index in [4.69, 9.17) is 0 Å². The Morgan fingerprint density at radius 3 is 2.17 bits per heavy atom. The van der Waals surface area contributed by atoms with Crippen molar-refractivity contribution >= 4 is 5.69 Å². The van der Waals surface area contributed by atoms with E-state index >= 15 is 0 Å². The number of aryl methyl sites for hydroxylation is 1. The molecule has 1 aromatic carbocycles. The molecule has 1 N–H and O–H groups in total. The summed E-state index contributed by atoms with van der Waals surface area (Å²) in [6.07, 6.45) is 5.52. The zero-order valence-corrected chi connectivity index (χ0v) is 11.4. The number of nitrogens with one attached hydrogen (secondary N) is 1. The minimum Gasteiger partial charge on any atom is -0.371 e. The van der Waals surface area contributed by atoms with Crippen molar-refractivity contribution in [2.45, 2.75) is 32.6 Å². The molecule has 0 saturated carbocycles. The molecule has 1 spiro atoms. The minimum absolute atomic E-state index is 0.659. The van der Waals surface area contributed by atoms with E-state index in [0.717, 1.165) is 0 Å². The van der Waals surface area contributed by atoms with Crippen molar-refractivity contribution in [2.75, 3.05) is 31.1 Å². The molecule has 2 aliphatic rings. The molecule has 98 valence electrons. The number of anilines is 1. The van der Waals surface area contributed by atoms with Crippen molar-refractivity contribution in [3.05, 3.63) is 29.8 Å². The minimum atomic E-state index is 0.659. The lowest BCUT2D eigenvalue weighted by Crippen LogP contribution is -2.45. The van der Waals surface area contributed by atoms with Gasteiger partial charge in [-0.15, -0.1) is 0 Å². The quantitative estimate of drug-likeness (QED) is 0.817. The molecule has 2 nitrogen and oxygen atoms in total. The molecule has 0 aliphatic carbocycles. The first-order valence-corrected chi connectivity index (χ1v) is 7.30. The van der Waals surface area contributed by atoms with Crippen LogP contribution >= 0.6 is 0 Å². The summed E-state index contributed by atoms with van der Waals surface area (Å²) in [4.78, 5) is 2.56. The molecule has 2 saturated heterocycles. The molecule has 0 bridgehead atoms. The molecule has 0 unspecified atom stereocenters. The van der Waals surface area contributed by atoms with E-state index in [-0.39, 0.29) is 0 Å². The Labute approximate surface area is 110 Å². The number of nitrogens with zero attached hydrogens (tertiary/aromatic N) is 1. The van der Waals surface area contributed by atoms with Crippen molar-refractivity contribution < 1.29 is 0 Å². The largest absolute Gasteiger partial charge is 0.371 e. The Kier molecular flexibility index (Phi) is 3.29. The summed E-state index contributed by atoms with van der Waals surface area (Å²) in [5, 5.41) is 3.49. The van der Waals surface area contributed by atoms with E-state index in [1.165, 1.54) is 63.1 Å². The maximum atomic E-state index is 3.49. The zero-order chi connectivity index (χ0) is 12.4. The van der Waals surface area contributed by atoms with Crippen LogP contribution in [0.4, 0.5) is 5.69 Å². The molecule has 0 radical (unpaired) electrons. The Balaban J connectivity index is 1.64. The van der Waals surface area contributed by atoms with E-state index in [0.29, 0.717) is 5.41 Å². The Morgan fingerprint density at radius 1 is 0.944 bits per heavy atom. The summed E-state index contributed by atoms with van der Waals surface area (Å²) < 4.78 is 0. The van der Waals surface area contributed by atoms with Gasteiger partial charge in [0.2, 0.25) is 0 Å². The van der Waals surface area contributed by atoms with Crippen LogP contribution in [0.2, 0.25) is 0 Å². The summed E-state index contributed by atoms with van der Waals surface area (Å²) in [5.41, 5.74) is 3.42. The van der Waals surface area contributed by atoms with Crippen molar-refractivity contribution in [1.29, 1.82) is 0 Å². The number of rotatable bonds is 1. The fraction of sp³-hybridized carbons (Fsp3) is 0.625. The van der Waals surface area contributed by atoms with Gasteiger partial charge in [-0.3, -0.25) is 0 Å². The molecule has 2 heterocycles. The predicted octanol–water partition coefficient (Wildman–Crippen LogP) is 2.97. The van der Waals surface area contributed by atoms with Crippen LogP contribution in [0, 0.1) is 12.3 Å². The first-order valence-electron chi connectivity index (χ1n) is 7.30. The van der Waals surface area contributed by atoms with Crippen molar-refractivity contribution in [3.63, 3.8) is 0 Å². The molecule has 3 rings (SSSR count). The zero-order valence-electron chi connectivity index (χ0n) is 11.4. The van der Waals surface area contributed by atoms with Gasteiger partial charge in [0, 0.05) is 18.8 Å². The summed E-state index contributed by atoms with van der Waals surface area (Å²) in [6, 6.07) is 9.00. The van der Waals surface area contributed by atoms with E-state index in [2.05, 4.69) is 41.4 Å². The lowest BCUT2D eigenvalue weighted by Gasteiger charge is -2.45. The van der Waals surface area contributed by atoms with Crippen LogP contribution in [0.5, 0.6) is 0 Å². The average Bonchev–Trinajstić information content (AvgIpc) is 2.42. The van der Waals surface area contributed by atoms with Gasteiger partial charge in [-0.25, -0.2) is 0 Å². The van der Waals surface area contributed by atoms with Gasteiger partial charge in [0.05, 0.1) is 0 Å². The Bertz CT molecular complexity index is 380. The van der Waals surface area contributed by atoms with Crippen LogP contribution in [0.25, 0.3) is 0 Å². The van der Waals surface area contributed by atoms with Gasteiger partial charge in [0.1, 0.15) is 0 Å². The third kappa shape index (κ3) is 2.39. The molecular weight excluding hydrogens is 220 g/mol. The smallest absolute Gasteiger partial charge is 0.0366 e. The normalized spacial score (nSPS) is 23.3. The SMILES string of the molecule is Cc1ccc(N2CCC3(CCNCC3)CC2)cc1. The number of hydrogen-bond donors (Lipinski definition) is 1. The predicted molar refractivity (Wildman–Crippen MR) is 77.2 cm³/mol. The summed E-state index contributed by atoms with van der Waals surface area (Å²) >= 11 is 0. The topological polar surface area (TPSA) is 15.3 Å². The molecule has 2 fully saturated rings. The second-order valence-electron chi connectivity index (χ2n) is 6.07. The second kappa shape index (κ2) is 4.93. The van der Waals surface area contributed by atoms with Crippen LogP contribution < -0.4 is 10.2 Å². The summed E-state index contributed by atoms with van der Waals surface area (Å²) in [7, 11) is 0. The van der Waals surface area contributed by atoms with Gasteiger partial charge in [-0.05, 0) is 63.2 Å². The van der Waals surface area contributed by atoms with Crippen molar-refractivity contribution in [3.8, 4) is 0 Å². The van der Waals surface area contributed by atoms with Gasteiger partial charge in [0.15, 0.2) is 0 Å². The third-order valence-corrected chi connectivity index (χ3v) is 4.89. The van der Waals surface area contributed by atoms with Crippen LogP contribution in [0.3, 0.4) is 0 Å². The monoisotopic (exact) mass is 244 g/mol. The van der Waals surface area contributed by atoms with Crippen LogP contribution in [-0.2, 0) is 0 Å². The highest BCUT2D eigenvalue weighted by atomic mass is 15.1. The van der Waals surface area contributed by atoms with Gasteiger partial charge >= 0.3 is 0 Å². The fourth-order valence-electron chi connectivity index (χ4n) is 3.45. The Hall–Kier alpha value is -1.02. The molecule has 0 amide bonds. The second-order valence-corrected chi connectivity index (χ2v) is 6.07. The van der Waals surface area contributed by atoms with Crippen molar-refractivity contribution in [1.82, 2.24) is 5.32 Å². The fourth-order valence-corrected chi connectivity index (χ4v) is 3.45. The van der Waals surface area contributed by atoms with E-state index in [1.54, 1.807) is 0 Å². The van der Waals surface area contributed by atoms with E-state index in [1.807, 2.05) is 0 Å². The summed E-state index contributed by atoms with van der Waals surface area (Å²) in [5.74, 6) is 0. The first-order chi connectivity index (χ1) is 8.77. The number of benzene rings is 1. The highest BCUT2D eigenvalue weighted by molar-refractivity contribution is 5.47.